The molecule has 0 aliphatic heterocycles. The zero-order chi connectivity index (χ0) is 13.7. The van der Waals surface area contributed by atoms with Crippen LogP contribution in [-0.2, 0) is 0 Å². The number of hydrogen-bond donors (Lipinski definition) is 1. The van der Waals surface area contributed by atoms with Crippen molar-refractivity contribution in [1.82, 2.24) is 0 Å². The summed E-state index contributed by atoms with van der Waals surface area (Å²) in [7, 11) is 0. The molecule has 0 saturated carbocycles. The van der Waals surface area contributed by atoms with Gasteiger partial charge >= 0.3 is 0 Å². The first-order valence-corrected chi connectivity index (χ1v) is 7.09. The van der Waals surface area contributed by atoms with E-state index in [9.17, 15) is 0 Å². The molecular formula is C17H20ClN. The van der Waals surface area contributed by atoms with Crippen molar-refractivity contribution in [3.63, 3.8) is 0 Å². The van der Waals surface area contributed by atoms with E-state index in [4.69, 9.17) is 11.6 Å². The van der Waals surface area contributed by atoms with Crippen LogP contribution in [0.25, 0.3) is 0 Å². The van der Waals surface area contributed by atoms with Gasteiger partial charge in [0.2, 0.25) is 0 Å². The fourth-order valence-corrected chi connectivity index (χ4v) is 2.47. The van der Waals surface area contributed by atoms with Gasteiger partial charge in [0.25, 0.3) is 0 Å². The van der Waals surface area contributed by atoms with E-state index in [0.29, 0.717) is 11.8 Å². The van der Waals surface area contributed by atoms with Crippen LogP contribution in [0.1, 0.15) is 25.3 Å². The summed E-state index contributed by atoms with van der Waals surface area (Å²) in [5.41, 5.74) is 2.38. The first kappa shape index (κ1) is 14.0. The molecule has 0 bridgehead atoms. The molecule has 0 heterocycles. The van der Waals surface area contributed by atoms with Crippen LogP contribution in [0.5, 0.6) is 0 Å². The van der Waals surface area contributed by atoms with E-state index in [2.05, 4.69) is 49.5 Å². The van der Waals surface area contributed by atoms with Crippen LogP contribution in [-0.4, -0.2) is 6.54 Å². The average Bonchev–Trinajstić information content (AvgIpc) is 2.42. The maximum atomic E-state index is 6.17. The molecule has 1 N–H and O–H groups in total. The van der Waals surface area contributed by atoms with Crippen molar-refractivity contribution in [3.05, 3.63) is 65.2 Å². The van der Waals surface area contributed by atoms with Crippen LogP contribution in [0, 0.1) is 5.92 Å². The standard InChI is InChI=1S/C17H20ClN/c1-13(2)15(14-8-4-3-5-9-14)12-19-17-11-7-6-10-16(17)18/h3-11,13,15,19H,12H2,1-2H3. The third-order valence-corrected chi connectivity index (χ3v) is 3.75. The van der Waals surface area contributed by atoms with Gasteiger partial charge in [-0.25, -0.2) is 0 Å². The highest BCUT2D eigenvalue weighted by Gasteiger charge is 2.15. The smallest absolute Gasteiger partial charge is 0.0637 e. The number of hydrogen-bond acceptors (Lipinski definition) is 1. The molecule has 0 aliphatic carbocycles. The van der Waals surface area contributed by atoms with Gasteiger partial charge in [-0.1, -0.05) is 67.9 Å². The predicted octanol–water partition coefficient (Wildman–Crippen LogP) is 5.19. The Morgan fingerprint density at radius 2 is 1.58 bits per heavy atom. The highest BCUT2D eigenvalue weighted by Crippen LogP contribution is 2.27. The quantitative estimate of drug-likeness (QED) is 0.790. The molecule has 2 rings (SSSR count). The maximum Gasteiger partial charge on any atom is 0.0637 e. The zero-order valence-corrected chi connectivity index (χ0v) is 12.2. The minimum absolute atomic E-state index is 0.484. The summed E-state index contributed by atoms with van der Waals surface area (Å²) in [5, 5.41) is 4.24. The lowest BCUT2D eigenvalue weighted by molar-refractivity contribution is 0.517. The van der Waals surface area contributed by atoms with Gasteiger partial charge < -0.3 is 5.32 Å². The Bertz CT molecular complexity index is 508. The van der Waals surface area contributed by atoms with Gasteiger partial charge in [0.1, 0.15) is 0 Å². The summed E-state index contributed by atoms with van der Waals surface area (Å²) in [6.45, 7) is 5.41. The number of halogens is 1. The summed E-state index contributed by atoms with van der Waals surface area (Å²) in [6.07, 6.45) is 0. The Morgan fingerprint density at radius 3 is 2.21 bits per heavy atom. The molecule has 1 nitrogen and oxygen atoms in total. The minimum atomic E-state index is 0.484. The highest BCUT2D eigenvalue weighted by molar-refractivity contribution is 6.33. The van der Waals surface area contributed by atoms with E-state index < -0.39 is 0 Å². The highest BCUT2D eigenvalue weighted by atomic mass is 35.5. The minimum Gasteiger partial charge on any atom is -0.383 e. The molecule has 1 unspecified atom stereocenters. The van der Waals surface area contributed by atoms with Crippen molar-refractivity contribution in [3.8, 4) is 0 Å². The topological polar surface area (TPSA) is 12.0 Å². The van der Waals surface area contributed by atoms with Gasteiger partial charge in [0.05, 0.1) is 10.7 Å². The Labute approximate surface area is 120 Å². The van der Waals surface area contributed by atoms with Crippen molar-refractivity contribution >= 4 is 17.3 Å². The molecular weight excluding hydrogens is 254 g/mol. The second kappa shape index (κ2) is 6.63. The number of anilines is 1. The van der Waals surface area contributed by atoms with E-state index in [1.54, 1.807) is 0 Å². The maximum absolute atomic E-state index is 6.17. The van der Waals surface area contributed by atoms with Crippen molar-refractivity contribution in [1.29, 1.82) is 0 Å². The van der Waals surface area contributed by atoms with E-state index in [-0.39, 0.29) is 0 Å². The van der Waals surface area contributed by atoms with Crippen molar-refractivity contribution in [2.24, 2.45) is 5.92 Å². The monoisotopic (exact) mass is 273 g/mol. The molecule has 0 radical (unpaired) electrons. The molecule has 1 atom stereocenters. The summed E-state index contributed by atoms with van der Waals surface area (Å²) in [4.78, 5) is 0. The second-order valence-electron chi connectivity index (χ2n) is 5.12. The van der Waals surface area contributed by atoms with Gasteiger partial charge in [-0.05, 0) is 23.6 Å². The number of rotatable bonds is 5. The van der Waals surface area contributed by atoms with Crippen LogP contribution >= 0.6 is 11.6 Å². The Kier molecular flexibility index (Phi) is 4.86. The van der Waals surface area contributed by atoms with E-state index >= 15 is 0 Å². The third kappa shape index (κ3) is 3.74. The molecule has 2 aromatic carbocycles. The molecule has 19 heavy (non-hydrogen) atoms. The van der Waals surface area contributed by atoms with Gasteiger partial charge in [0, 0.05) is 12.5 Å². The molecule has 0 fully saturated rings. The fraction of sp³-hybridized carbons (Fsp3) is 0.294. The lowest BCUT2D eigenvalue weighted by Gasteiger charge is -2.22. The molecule has 0 aliphatic rings. The SMILES string of the molecule is CC(C)C(CNc1ccccc1Cl)c1ccccc1. The first-order valence-electron chi connectivity index (χ1n) is 6.72. The fourth-order valence-electron chi connectivity index (χ4n) is 2.26. The van der Waals surface area contributed by atoms with E-state index in [1.165, 1.54) is 5.56 Å². The predicted molar refractivity (Wildman–Crippen MR) is 84.0 cm³/mol. The molecule has 2 heteroatoms. The summed E-state index contributed by atoms with van der Waals surface area (Å²) < 4.78 is 0. The van der Waals surface area contributed by atoms with Gasteiger partial charge in [-0.3, -0.25) is 0 Å². The normalized spacial score (nSPS) is 12.4. The molecule has 0 aromatic heterocycles. The van der Waals surface area contributed by atoms with Crippen molar-refractivity contribution < 1.29 is 0 Å². The van der Waals surface area contributed by atoms with Crippen LogP contribution < -0.4 is 5.32 Å². The largest absolute Gasteiger partial charge is 0.383 e. The molecule has 100 valence electrons. The molecule has 2 aromatic rings. The molecule has 0 spiro atoms. The summed E-state index contributed by atoms with van der Waals surface area (Å²) >= 11 is 6.17. The summed E-state index contributed by atoms with van der Waals surface area (Å²) in [6, 6.07) is 18.5. The van der Waals surface area contributed by atoms with Crippen LogP contribution in [0.3, 0.4) is 0 Å². The Hall–Kier alpha value is -1.47. The zero-order valence-electron chi connectivity index (χ0n) is 11.4. The van der Waals surface area contributed by atoms with E-state index in [1.807, 2.05) is 24.3 Å². The lowest BCUT2D eigenvalue weighted by Crippen LogP contribution is -2.17. The lowest BCUT2D eigenvalue weighted by atomic mass is 9.88. The molecule has 0 amide bonds. The van der Waals surface area contributed by atoms with Gasteiger partial charge in [-0.15, -0.1) is 0 Å². The third-order valence-electron chi connectivity index (χ3n) is 3.42. The Balaban J connectivity index is 2.09. The number of para-hydroxylation sites is 1. The van der Waals surface area contributed by atoms with Crippen LogP contribution in [0.15, 0.2) is 54.6 Å². The summed E-state index contributed by atoms with van der Waals surface area (Å²) in [5.74, 6) is 1.06. The van der Waals surface area contributed by atoms with Crippen molar-refractivity contribution in [2.45, 2.75) is 19.8 Å². The van der Waals surface area contributed by atoms with E-state index in [0.717, 1.165) is 17.3 Å². The Morgan fingerprint density at radius 1 is 0.947 bits per heavy atom. The van der Waals surface area contributed by atoms with Crippen LogP contribution in [0.2, 0.25) is 5.02 Å². The van der Waals surface area contributed by atoms with Gasteiger partial charge in [-0.2, -0.15) is 0 Å². The first-order chi connectivity index (χ1) is 9.18. The molecule has 0 saturated heterocycles. The second-order valence-corrected chi connectivity index (χ2v) is 5.53. The van der Waals surface area contributed by atoms with Crippen molar-refractivity contribution in [2.75, 3.05) is 11.9 Å². The number of benzene rings is 2. The van der Waals surface area contributed by atoms with Gasteiger partial charge in [0.15, 0.2) is 0 Å². The number of nitrogens with one attached hydrogen (secondary N) is 1. The average molecular weight is 274 g/mol. The van der Waals surface area contributed by atoms with Crippen LogP contribution in [0.4, 0.5) is 5.69 Å².